The van der Waals surface area contributed by atoms with Gasteiger partial charge in [0.2, 0.25) is 0 Å². The minimum absolute atomic E-state index is 0.0473. The second-order valence-electron chi connectivity index (χ2n) is 15.4. The van der Waals surface area contributed by atoms with Crippen molar-refractivity contribution in [1.29, 1.82) is 0 Å². The van der Waals surface area contributed by atoms with Crippen LogP contribution in [0.3, 0.4) is 0 Å². The molecule has 3 aromatic rings. The highest BCUT2D eigenvalue weighted by Crippen LogP contribution is 2.63. The van der Waals surface area contributed by atoms with Gasteiger partial charge in [-0.2, -0.15) is 0 Å². The molecular weight excluding hydrogens is 758 g/mol. The van der Waals surface area contributed by atoms with Gasteiger partial charge in [-0.3, -0.25) is 19.5 Å². The molecule has 0 saturated heterocycles. The number of fused-ring (bicyclic) bond motifs is 3. The van der Waals surface area contributed by atoms with Crippen molar-refractivity contribution in [2.24, 2.45) is 17.9 Å². The molecule has 1 atom stereocenters. The number of aromatic nitrogens is 3. The number of carbonyl (C=O) groups is 2. The second-order valence-corrected chi connectivity index (χ2v) is 16.2. The zero-order chi connectivity index (χ0) is 39.6. The van der Waals surface area contributed by atoms with Crippen LogP contribution in [0.2, 0.25) is 5.02 Å². The first kappa shape index (κ1) is 39.9. The topological polar surface area (TPSA) is 142 Å². The fraction of sp³-hybridized carbons (Fsp3) is 0.429. The lowest BCUT2D eigenvalue weighted by molar-refractivity contribution is -0.152. The third-order valence-corrected chi connectivity index (χ3v) is 12.7. The molecule has 4 N–H and O–H groups in total. The number of nitrogens with zero attached hydrogens (tertiary/aromatic N) is 4. The summed E-state index contributed by atoms with van der Waals surface area (Å²) in [6.45, 7) is 3.05. The first-order valence-corrected chi connectivity index (χ1v) is 19.8. The van der Waals surface area contributed by atoms with Gasteiger partial charge in [0.15, 0.2) is 5.82 Å². The molecule has 2 fully saturated rings. The molecule has 4 aliphatic rings. The van der Waals surface area contributed by atoms with E-state index in [1.807, 2.05) is 17.7 Å². The normalized spacial score (nSPS) is 23.4. The Morgan fingerprint density at radius 1 is 1.21 bits per heavy atom. The number of alkyl halides is 1. The molecule has 56 heavy (non-hydrogen) atoms. The molecule has 296 valence electrons. The van der Waals surface area contributed by atoms with Gasteiger partial charge in [-0.15, -0.1) is 11.6 Å². The fourth-order valence-corrected chi connectivity index (χ4v) is 9.44. The van der Waals surface area contributed by atoms with E-state index in [9.17, 15) is 14.7 Å². The van der Waals surface area contributed by atoms with Crippen molar-refractivity contribution in [1.82, 2.24) is 30.1 Å². The summed E-state index contributed by atoms with van der Waals surface area (Å²) in [6.07, 6.45) is 16.4. The lowest BCUT2D eigenvalue weighted by Gasteiger charge is -2.32. The number of benzene rings is 1. The summed E-state index contributed by atoms with van der Waals surface area (Å²) in [4.78, 5) is 37.5. The number of pyridine rings is 1. The van der Waals surface area contributed by atoms with E-state index >= 15 is 4.39 Å². The first-order chi connectivity index (χ1) is 26.9. The van der Waals surface area contributed by atoms with E-state index in [1.165, 1.54) is 25.4 Å². The van der Waals surface area contributed by atoms with Crippen LogP contribution in [-0.2, 0) is 36.1 Å². The highest BCUT2D eigenvalue weighted by Gasteiger charge is 2.58. The largest absolute Gasteiger partial charge is 0.507 e. The fourth-order valence-electron chi connectivity index (χ4n) is 8.83. The molecule has 1 aliphatic heterocycles. The maximum Gasteiger partial charge on any atom is 0.311 e. The molecular formula is C42H47Cl2FN6O5. The molecule has 1 unspecified atom stereocenters. The number of amides is 1. The number of aliphatic hydroxyl groups is 1. The standard InChI is InChI=1S/C42H47Cl2FN6O5/c1-50-35-9-16-51(17-14-41-10-12-42(25-41,13-11-41)40(55)56-2)24-34(35)49-38(50)39(54)48-28-6-4-7-29(31(43)20-28)30-8-3-5-26(37(30)44)19-32(45)33-21-36(53)27(23-47-33)22-46-15-18-52/h3-8,19-21,23,31,46,52H,9-18,22,24-25H2,1-2H3,(H,47,53)(H,48,54)/b32-19-. The predicted octanol–water partition coefficient (Wildman–Crippen LogP) is 6.47. The molecule has 2 saturated carbocycles. The van der Waals surface area contributed by atoms with Gasteiger partial charge in [-0.05, 0) is 85.4 Å². The number of allylic oxidation sites excluding steroid dienone is 5. The molecule has 3 aliphatic carbocycles. The average molecular weight is 806 g/mol. The molecule has 2 bridgehead atoms. The van der Waals surface area contributed by atoms with Gasteiger partial charge in [-0.25, -0.2) is 9.37 Å². The number of aromatic hydroxyl groups is 1. The Balaban J connectivity index is 0.987. The summed E-state index contributed by atoms with van der Waals surface area (Å²) in [6, 6.07) is 6.45. The average Bonchev–Trinajstić information content (AvgIpc) is 3.83. The van der Waals surface area contributed by atoms with Gasteiger partial charge in [0.05, 0.1) is 35.2 Å². The molecule has 14 heteroatoms. The Hall–Kier alpha value is -4.33. The molecule has 1 aromatic carbocycles. The van der Waals surface area contributed by atoms with Crippen molar-refractivity contribution < 1.29 is 28.9 Å². The third kappa shape index (κ3) is 8.08. The quantitative estimate of drug-likeness (QED) is 0.0870. The number of aliphatic hydroxyl groups excluding tert-OH is 1. The van der Waals surface area contributed by atoms with Crippen molar-refractivity contribution in [3.8, 4) is 5.75 Å². The van der Waals surface area contributed by atoms with Crippen molar-refractivity contribution in [3.63, 3.8) is 0 Å². The molecule has 1 amide bonds. The molecule has 11 nitrogen and oxygen atoms in total. The van der Waals surface area contributed by atoms with Gasteiger partial charge in [0, 0.05) is 68.9 Å². The molecule has 2 aromatic heterocycles. The van der Waals surface area contributed by atoms with E-state index in [0.717, 1.165) is 69.4 Å². The van der Waals surface area contributed by atoms with Crippen LogP contribution >= 0.6 is 23.2 Å². The van der Waals surface area contributed by atoms with Crippen molar-refractivity contribution in [2.45, 2.75) is 63.4 Å². The minimum atomic E-state index is -0.689. The predicted molar refractivity (Wildman–Crippen MR) is 214 cm³/mol. The van der Waals surface area contributed by atoms with Crippen LogP contribution < -0.4 is 10.6 Å². The number of hydrogen-bond donors (Lipinski definition) is 4. The number of ether oxygens (including phenoxy) is 1. The first-order valence-electron chi connectivity index (χ1n) is 19.0. The Morgan fingerprint density at radius 3 is 2.77 bits per heavy atom. The van der Waals surface area contributed by atoms with Gasteiger partial charge in [-0.1, -0.05) is 42.0 Å². The van der Waals surface area contributed by atoms with Crippen LogP contribution in [0.25, 0.3) is 17.5 Å². The zero-order valence-electron chi connectivity index (χ0n) is 31.6. The van der Waals surface area contributed by atoms with Gasteiger partial charge in [0.1, 0.15) is 17.3 Å². The lowest BCUT2D eigenvalue weighted by atomic mass is 9.80. The monoisotopic (exact) mass is 804 g/mol. The number of carbonyl (C=O) groups excluding carboxylic acids is 2. The number of methoxy groups -OCH3 is 1. The SMILES string of the molecule is COC(=O)C12CCC(CCN3CCc4c(nc(C(=O)NC5=CC(Cl)C(c6cccc(/C=C(\F)c7cc(O)c(CNCCO)cn7)c6Cl)=CC=C5)n4C)C3)(CC1)C2. The number of halogens is 3. The Bertz CT molecular complexity index is 2140. The maximum atomic E-state index is 15.4. The molecule has 0 radical (unpaired) electrons. The third-order valence-electron chi connectivity index (χ3n) is 12.0. The zero-order valence-corrected chi connectivity index (χ0v) is 33.1. The molecule has 3 heterocycles. The minimum Gasteiger partial charge on any atom is -0.507 e. The number of esters is 1. The summed E-state index contributed by atoms with van der Waals surface area (Å²) >= 11 is 13.8. The van der Waals surface area contributed by atoms with E-state index in [4.69, 9.17) is 38.0 Å². The van der Waals surface area contributed by atoms with Crippen molar-refractivity contribution >= 4 is 52.6 Å². The van der Waals surface area contributed by atoms with E-state index in [1.54, 1.807) is 36.4 Å². The summed E-state index contributed by atoms with van der Waals surface area (Å²) in [5, 5.41) is 24.8. The summed E-state index contributed by atoms with van der Waals surface area (Å²) in [5.41, 5.74) is 4.43. The number of hydrogen-bond acceptors (Lipinski definition) is 9. The van der Waals surface area contributed by atoms with Crippen molar-refractivity contribution in [2.75, 3.05) is 33.4 Å². The van der Waals surface area contributed by atoms with E-state index in [0.29, 0.717) is 46.9 Å². The highest BCUT2D eigenvalue weighted by atomic mass is 35.5. The summed E-state index contributed by atoms with van der Waals surface area (Å²) < 4.78 is 22.4. The van der Waals surface area contributed by atoms with Gasteiger partial charge >= 0.3 is 5.97 Å². The van der Waals surface area contributed by atoms with Crippen LogP contribution in [0.15, 0.2) is 60.5 Å². The van der Waals surface area contributed by atoms with Crippen LogP contribution in [0.5, 0.6) is 5.75 Å². The van der Waals surface area contributed by atoms with Crippen LogP contribution in [0.4, 0.5) is 4.39 Å². The number of rotatable bonds is 13. The van der Waals surface area contributed by atoms with E-state index in [-0.39, 0.29) is 52.3 Å². The highest BCUT2D eigenvalue weighted by molar-refractivity contribution is 6.35. The van der Waals surface area contributed by atoms with E-state index in [2.05, 4.69) is 20.5 Å². The maximum absolute atomic E-state index is 15.4. The lowest BCUT2D eigenvalue weighted by Crippen LogP contribution is -2.34. The van der Waals surface area contributed by atoms with Crippen molar-refractivity contribution in [3.05, 3.63) is 105 Å². The Labute approximate surface area is 335 Å². The van der Waals surface area contributed by atoms with Crippen LogP contribution in [0, 0.1) is 10.8 Å². The van der Waals surface area contributed by atoms with Gasteiger partial charge < -0.3 is 30.2 Å². The molecule has 0 spiro atoms. The Kier molecular flexibility index (Phi) is 11.9. The molecule has 7 rings (SSSR count). The van der Waals surface area contributed by atoms with Crippen LogP contribution in [0.1, 0.15) is 82.9 Å². The van der Waals surface area contributed by atoms with E-state index < -0.39 is 11.2 Å². The summed E-state index contributed by atoms with van der Waals surface area (Å²) in [5.74, 6) is -0.883. The summed E-state index contributed by atoms with van der Waals surface area (Å²) in [7, 11) is 3.37. The smallest absolute Gasteiger partial charge is 0.311 e. The Morgan fingerprint density at radius 2 is 2.02 bits per heavy atom. The second kappa shape index (κ2) is 16.6. The van der Waals surface area contributed by atoms with Gasteiger partial charge in [0.25, 0.3) is 5.91 Å². The number of nitrogens with one attached hydrogen (secondary N) is 2. The van der Waals surface area contributed by atoms with Crippen LogP contribution in [-0.4, -0.2) is 80.3 Å². The number of imidazole rings is 1.